The fraction of sp³-hybridized carbons (Fsp3) is 0.286. The quantitative estimate of drug-likeness (QED) is 0.896. The summed E-state index contributed by atoms with van der Waals surface area (Å²) >= 11 is 1.34. The van der Waals surface area contributed by atoms with Gasteiger partial charge < -0.3 is 10.1 Å². The molecule has 1 aromatic carbocycles. The number of ether oxygens (including phenoxy) is 1. The summed E-state index contributed by atoms with van der Waals surface area (Å²) in [6.45, 7) is 5.97. The first kappa shape index (κ1) is 15.2. The molecule has 1 heterocycles. The van der Waals surface area contributed by atoms with Crippen molar-refractivity contribution in [1.29, 1.82) is 0 Å². The molecule has 0 atom stereocenters. The Kier molecular flexibility index (Phi) is 4.42. The van der Waals surface area contributed by atoms with Gasteiger partial charge in [0, 0.05) is 11.2 Å². The third kappa shape index (κ3) is 4.71. The van der Waals surface area contributed by atoms with Crippen LogP contribution in [-0.2, 0) is 0 Å². The molecule has 0 unspecified atom stereocenters. The monoisotopic (exact) mass is 309 g/mol. The van der Waals surface area contributed by atoms with Gasteiger partial charge in [-0.15, -0.1) is 11.3 Å². The smallest absolute Gasteiger partial charge is 0.388 e. The Hall–Kier alpha value is -2.15. The normalized spacial score (nSPS) is 11.0. The lowest BCUT2D eigenvalue weighted by atomic mass is 10.1. The highest BCUT2D eigenvalue weighted by Crippen LogP contribution is 2.30. The van der Waals surface area contributed by atoms with Crippen LogP contribution in [0.25, 0.3) is 0 Å². The van der Waals surface area contributed by atoms with Gasteiger partial charge in [0.2, 0.25) is 0 Å². The van der Waals surface area contributed by atoms with Gasteiger partial charge in [0.1, 0.15) is 5.82 Å². The Balaban J connectivity index is 2.02. The standard InChI is InChI=1S/C14H16FN3O2S/c1-14(2,3)18-12-11(16-8-21-12)20-13(19)17-10-6-4-5-9(15)7-10/h4-8,18H,1-3H3,(H,17,19). The number of rotatable bonds is 3. The molecule has 2 N–H and O–H groups in total. The van der Waals surface area contributed by atoms with Crippen molar-refractivity contribution in [2.45, 2.75) is 26.3 Å². The summed E-state index contributed by atoms with van der Waals surface area (Å²) in [4.78, 5) is 15.8. The van der Waals surface area contributed by atoms with Gasteiger partial charge in [0.15, 0.2) is 5.00 Å². The van der Waals surface area contributed by atoms with Crippen LogP contribution in [0.15, 0.2) is 29.8 Å². The fourth-order valence-electron chi connectivity index (χ4n) is 1.53. The Bertz CT molecular complexity index is 637. The van der Waals surface area contributed by atoms with Crippen LogP contribution >= 0.6 is 11.3 Å². The lowest BCUT2D eigenvalue weighted by molar-refractivity contribution is 0.214. The third-order valence-electron chi connectivity index (χ3n) is 2.28. The first-order valence-electron chi connectivity index (χ1n) is 6.29. The van der Waals surface area contributed by atoms with Crippen molar-refractivity contribution >= 4 is 28.1 Å². The summed E-state index contributed by atoms with van der Waals surface area (Å²) in [5.41, 5.74) is 1.73. The van der Waals surface area contributed by atoms with Gasteiger partial charge in [-0.05, 0) is 39.0 Å². The average Bonchev–Trinajstić information content (AvgIpc) is 2.74. The van der Waals surface area contributed by atoms with Gasteiger partial charge in [0.25, 0.3) is 5.88 Å². The fourth-order valence-corrected chi connectivity index (χ4v) is 2.34. The second-order valence-corrected chi connectivity index (χ2v) is 6.24. The number of nitrogens with one attached hydrogen (secondary N) is 2. The van der Waals surface area contributed by atoms with Gasteiger partial charge in [-0.3, -0.25) is 5.32 Å². The molecule has 0 aliphatic carbocycles. The largest absolute Gasteiger partial charge is 0.418 e. The second kappa shape index (κ2) is 6.09. The number of carbonyl (C=O) groups excluding carboxylic acids is 1. The van der Waals surface area contributed by atoms with Crippen LogP contribution in [0.3, 0.4) is 0 Å². The van der Waals surface area contributed by atoms with Crippen LogP contribution in [-0.4, -0.2) is 16.6 Å². The SMILES string of the molecule is CC(C)(C)Nc1scnc1OC(=O)Nc1cccc(F)c1. The maximum absolute atomic E-state index is 13.0. The number of thiazole rings is 1. The van der Waals surface area contributed by atoms with Crippen molar-refractivity contribution in [3.05, 3.63) is 35.6 Å². The van der Waals surface area contributed by atoms with E-state index in [2.05, 4.69) is 15.6 Å². The lowest BCUT2D eigenvalue weighted by Crippen LogP contribution is -2.26. The molecule has 0 aliphatic heterocycles. The molecule has 2 rings (SSSR count). The van der Waals surface area contributed by atoms with Crippen molar-refractivity contribution in [1.82, 2.24) is 4.98 Å². The summed E-state index contributed by atoms with van der Waals surface area (Å²) in [5.74, 6) is -0.236. The third-order valence-corrected chi connectivity index (χ3v) is 3.01. The molecule has 5 nitrogen and oxygen atoms in total. The van der Waals surface area contributed by atoms with Crippen molar-refractivity contribution in [3.8, 4) is 5.88 Å². The number of hydrogen-bond acceptors (Lipinski definition) is 5. The highest BCUT2D eigenvalue weighted by atomic mass is 32.1. The summed E-state index contributed by atoms with van der Waals surface area (Å²) in [6, 6.07) is 5.57. The van der Waals surface area contributed by atoms with Crippen LogP contribution in [0.5, 0.6) is 5.88 Å². The van der Waals surface area contributed by atoms with Crippen molar-refractivity contribution < 1.29 is 13.9 Å². The Morgan fingerprint density at radius 2 is 2.14 bits per heavy atom. The molecule has 0 aliphatic rings. The van der Waals surface area contributed by atoms with E-state index in [1.165, 1.54) is 29.5 Å². The van der Waals surface area contributed by atoms with Gasteiger partial charge in [-0.2, -0.15) is 0 Å². The average molecular weight is 309 g/mol. The van der Waals surface area contributed by atoms with E-state index in [1.54, 1.807) is 11.6 Å². The molecule has 0 bridgehead atoms. The number of halogens is 1. The van der Waals surface area contributed by atoms with Crippen LogP contribution in [0, 0.1) is 5.82 Å². The van der Waals surface area contributed by atoms with E-state index in [4.69, 9.17) is 4.74 Å². The van der Waals surface area contributed by atoms with E-state index >= 15 is 0 Å². The Morgan fingerprint density at radius 1 is 1.38 bits per heavy atom. The lowest BCUT2D eigenvalue weighted by Gasteiger charge is -2.20. The molecule has 0 saturated carbocycles. The Labute approximate surface area is 126 Å². The van der Waals surface area contributed by atoms with Crippen LogP contribution in [0.2, 0.25) is 0 Å². The molecular weight excluding hydrogens is 293 g/mol. The molecule has 1 amide bonds. The summed E-state index contributed by atoms with van der Waals surface area (Å²) in [7, 11) is 0. The minimum absolute atomic E-state index is 0.177. The molecule has 0 saturated heterocycles. The molecule has 1 aromatic heterocycles. The maximum Gasteiger partial charge on any atom is 0.418 e. The van der Waals surface area contributed by atoms with Gasteiger partial charge in [-0.1, -0.05) is 6.07 Å². The van der Waals surface area contributed by atoms with Crippen LogP contribution in [0.4, 0.5) is 19.9 Å². The topological polar surface area (TPSA) is 63.3 Å². The predicted octanol–water partition coefficient (Wildman–Crippen LogP) is 4.10. The zero-order valence-corrected chi connectivity index (χ0v) is 12.8. The zero-order valence-electron chi connectivity index (χ0n) is 11.9. The first-order valence-corrected chi connectivity index (χ1v) is 7.17. The van der Waals surface area contributed by atoms with Crippen LogP contribution in [0.1, 0.15) is 20.8 Å². The van der Waals surface area contributed by atoms with E-state index < -0.39 is 11.9 Å². The van der Waals surface area contributed by atoms with E-state index in [0.29, 0.717) is 10.7 Å². The highest BCUT2D eigenvalue weighted by molar-refractivity contribution is 7.14. The number of carbonyl (C=O) groups is 1. The van der Waals surface area contributed by atoms with E-state index in [9.17, 15) is 9.18 Å². The zero-order chi connectivity index (χ0) is 15.5. The molecule has 112 valence electrons. The summed E-state index contributed by atoms with van der Waals surface area (Å²) < 4.78 is 18.2. The van der Waals surface area contributed by atoms with E-state index in [0.717, 1.165) is 0 Å². The van der Waals surface area contributed by atoms with E-state index in [-0.39, 0.29) is 11.4 Å². The van der Waals surface area contributed by atoms with Gasteiger partial charge in [-0.25, -0.2) is 14.2 Å². The number of nitrogens with zero attached hydrogens (tertiary/aromatic N) is 1. The number of amides is 1. The Morgan fingerprint density at radius 3 is 2.81 bits per heavy atom. The number of hydrogen-bond donors (Lipinski definition) is 2. The summed E-state index contributed by atoms with van der Waals surface area (Å²) in [6.07, 6.45) is -0.719. The maximum atomic E-state index is 13.0. The molecule has 0 radical (unpaired) electrons. The van der Waals surface area contributed by atoms with Gasteiger partial charge in [0.05, 0.1) is 5.51 Å². The molecular formula is C14H16FN3O2S. The minimum Gasteiger partial charge on any atom is -0.388 e. The number of benzene rings is 1. The van der Waals surface area contributed by atoms with E-state index in [1.807, 2.05) is 20.8 Å². The van der Waals surface area contributed by atoms with Crippen molar-refractivity contribution in [2.75, 3.05) is 10.6 Å². The molecule has 0 fully saturated rings. The van der Waals surface area contributed by atoms with Crippen LogP contribution < -0.4 is 15.4 Å². The molecule has 2 aromatic rings. The molecule has 21 heavy (non-hydrogen) atoms. The predicted molar refractivity (Wildman–Crippen MR) is 81.5 cm³/mol. The number of aromatic nitrogens is 1. The van der Waals surface area contributed by atoms with Crippen molar-refractivity contribution in [3.63, 3.8) is 0 Å². The van der Waals surface area contributed by atoms with Gasteiger partial charge >= 0.3 is 6.09 Å². The van der Waals surface area contributed by atoms with Crippen molar-refractivity contribution in [2.24, 2.45) is 0 Å². The minimum atomic E-state index is -0.719. The molecule has 7 heteroatoms. The second-order valence-electron chi connectivity index (χ2n) is 5.39. The molecule has 0 spiro atoms. The first-order chi connectivity index (χ1) is 9.83. The number of anilines is 2. The summed E-state index contributed by atoms with van der Waals surface area (Å²) in [5, 5.41) is 6.31. The highest BCUT2D eigenvalue weighted by Gasteiger charge is 2.17.